The zero-order valence-corrected chi connectivity index (χ0v) is 13.0. The van der Waals surface area contributed by atoms with Gasteiger partial charge in [0.15, 0.2) is 0 Å². The second kappa shape index (κ2) is 5.89. The molecule has 1 heterocycles. The van der Waals surface area contributed by atoms with E-state index in [0.29, 0.717) is 11.5 Å². The minimum Gasteiger partial charge on any atom is -0.328 e. The molecule has 0 saturated heterocycles. The normalized spacial score (nSPS) is 15.9. The molecule has 0 amide bonds. The van der Waals surface area contributed by atoms with Crippen LogP contribution >= 0.6 is 0 Å². The summed E-state index contributed by atoms with van der Waals surface area (Å²) in [6.45, 7) is 5.49. The molecule has 21 heavy (non-hydrogen) atoms. The van der Waals surface area contributed by atoms with Crippen molar-refractivity contribution >= 4 is 11.0 Å². The molecule has 1 aromatic heterocycles. The van der Waals surface area contributed by atoms with Crippen LogP contribution in [0.2, 0.25) is 0 Å². The lowest BCUT2D eigenvalue weighted by Crippen LogP contribution is -2.11. The van der Waals surface area contributed by atoms with Crippen LogP contribution in [0.25, 0.3) is 11.0 Å². The Morgan fingerprint density at radius 2 is 2.10 bits per heavy atom. The highest BCUT2D eigenvalue weighted by Crippen LogP contribution is 2.29. The molecule has 0 spiro atoms. The first-order valence-electron chi connectivity index (χ1n) is 8.06. The van der Waals surface area contributed by atoms with Gasteiger partial charge >= 0.3 is 0 Å². The Morgan fingerprint density at radius 3 is 2.76 bits per heavy atom. The molecule has 1 aliphatic rings. The fraction of sp³-hybridized carbons (Fsp3) is 0.556. The van der Waals surface area contributed by atoms with Crippen LogP contribution in [0.3, 0.4) is 0 Å². The maximum atomic E-state index is 9.06. The van der Waals surface area contributed by atoms with Gasteiger partial charge in [-0.3, -0.25) is 0 Å². The van der Waals surface area contributed by atoms with Crippen LogP contribution in [0.15, 0.2) is 18.2 Å². The summed E-state index contributed by atoms with van der Waals surface area (Å²) in [7, 11) is 0. The fourth-order valence-corrected chi connectivity index (χ4v) is 3.45. The Bertz CT molecular complexity index is 670. The average molecular weight is 281 g/mol. The van der Waals surface area contributed by atoms with Crippen molar-refractivity contribution in [2.75, 3.05) is 0 Å². The van der Waals surface area contributed by atoms with E-state index in [2.05, 4.69) is 30.6 Å². The van der Waals surface area contributed by atoms with Crippen molar-refractivity contribution in [3.63, 3.8) is 0 Å². The van der Waals surface area contributed by atoms with Gasteiger partial charge < -0.3 is 4.57 Å². The topological polar surface area (TPSA) is 41.6 Å². The average Bonchev–Trinajstić information content (AvgIpc) is 3.07. The van der Waals surface area contributed by atoms with Crippen LogP contribution in [0, 0.1) is 23.2 Å². The standard InChI is InChI=1S/C18H23N3/c1-13(2)12-21-17-8-7-15(11-19)9-16(17)20-18(21)10-14-5-3-4-6-14/h7-9,13-14H,3-6,10,12H2,1-2H3. The second-order valence-corrected chi connectivity index (χ2v) is 6.70. The summed E-state index contributed by atoms with van der Waals surface area (Å²) in [6.07, 6.45) is 6.51. The van der Waals surface area contributed by atoms with Crippen LogP contribution in [-0.2, 0) is 13.0 Å². The monoisotopic (exact) mass is 281 g/mol. The number of hydrogen-bond donors (Lipinski definition) is 0. The van der Waals surface area contributed by atoms with Gasteiger partial charge in [0, 0.05) is 13.0 Å². The maximum Gasteiger partial charge on any atom is 0.110 e. The fourth-order valence-electron chi connectivity index (χ4n) is 3.45. The van der Waals surface area contributed by atoms with Crippen LogP contribution in [0.5, 0.6) is 0 Å². The zero-order valence-electron chi connectivity index (χ0n) is 13.0. The van der Waals surface area contributed by atoms with Crippen molar-refractivity contribution in [3.8, 4) is 6.07 Å². The number of imidazole rings is 1. The number of nitrogens with zero attached hydrogens (tertiary/aromatic N) is 3. The van der Waals surface area contributed by atoms with Crippen molar-refractivity contribution < 1.29 is 0 Å². The minimum atomic E-state index is 0.598. The first kappa shape index (κ1) is 14.1. The summed E-state index contributed by atoms with van der Waals surface area (Å²) >= 11 is 0. The lowest BCUT2D eigenvalue weighted by Gasteiger charge is -2.14. The van der Waals surface area contributed by atoms with E-state index in [1.807, 2.05) is 12.1 Å². The zero-order chi connectivity index (χ0) is 14.8. The minimum absolute atomic E-state index is 0.598. The van der Waals surface area contributed by atoms with Crippen LogP contribution in [-0.4, -0.2) is 9.55 Å². The van der Waals surface area contributed by atoms with Crippen molar-refractivity contribution in [2.24, 2.45) is 11.8 Å². The molecule has 0 N–H and O–H groups in total. The predicted octanol–water partition coefficient (Wildman–Crippen LogP) is 4.30. The largest absolute Gasteiger partial charge is 0.328 e. The molecule has 0 atom stereocenters. The summed E-state index contributed by atoms with van der Waals surface area (Å²) in [6, 6.07) is 8.09. The first-order chi connectivity index (χ1) is 10.2. The Kier molecular flexibility index (Phi) is 3.96. The molecule has 110 valence electrons. The molecule has 3 heteroatoms. The number of nitriles is 1. The lowest BCUT2D eigenvalue weighted by atomic mass is 10.0. The summed E-state index contributed by atoms with van der Waals surface area (Å²) in [5.41, 5.74) is 2.85. The van der Waals surface area contributed by atoms with E-state index in [4.69, 9.17) is 10.2 Å². The van der Waals surface area contributed by atoms with E-state index >= 15 is 0 Å². The van der Waals surface area contributed by atoms with Crippen LogP contribution < -0.4 is 0 Å². The third-order valence-corrected chi connectivity index (χ3v) is 4.45. The van der Waals surface area contributed by atoms with Crippen LogP contribution in [0.1, 0.15) is 50.9 Å². The van der Waals surface area contributed by atoms with Crippen molar-refractivity contribution in [1.82, 2.24) is 9.55 Å². The van der Waals surface area contributed by atoms with Crippen molar-refractivity contribution in [3.05, 3.63) is 29.6 Å². The Balaban J connectivity index is 2.01. The lowest BCUT2D eigenvalue weighted by molar-refractivity contribution is 0.477. The van der Waals surface area contributed by atoms with E-state index in [0.717, 1.165) is 24.4 Å². The number of rotatable bonds is 4. The number of hydrogen-bond acceptors (Lipinski definition) is 2. The highest BCUT2D eigenvalue weighted by molar-refractivity contribution is 5.77. The van der Waals surface area contributed by atoms with Gasteiger partial charge in [-0.15, -0.1) is 0 Å². The molecule has 2 aromatic rings. The highest BCUT2D eigenvalue weighted by atomic mass is 15.1. The van der Waals surface area contributed by atoms with Gasteiger partial charge in [0.1, 0.15) is 5.82 Å². The molecule has 0 bridgehead atoms. The van der Waals surface area contributed by atoms with E-state index in [-0.39, 0.29) is 0 Å². The Hall–Kier alpha value is -1.82. The van der Waals surface area contributed by atoms with E-state index in [1.54, 1.807) is 0 Å². The maximum absolute atomic E-state index is 9.06. The van der Waals surface area contributed by atoms with Gasteiger partial charge in [-0.2, -0.15) is 5.26 Å². The third kappa shape index (κ3) is 2.95. The molecule has 0 aliphatic heterocycles. The third-order valence-electron chi connectivity index (χ3n) is 4.45. The smallest absolute Gasteiger partial charge is 0.110 e. The SMILES string of the molecule is CC(C)Cn1c(CC2CCCC2)nc2cc(C#N)ccc21. The second-order valence-electron chi connectivity index (χ2n) is 6.70. The molecular weight excluding hydrogens is 258 g/mol. The van der Waals surface area contributed by atoms with Crippen molar-refractivity contribution in [1.29, 1.82) is 5.26 Å². The van der Waals surface area contributed by atoms with Gasteiger partial charge in [0.2, 0.25) is 0 Å². The summed E-state index contributed by atoms with van der Waals surface area (Å²) < 4.78 is 2.37. The number of fused-ring (bicyclic) bond motifs is 1. The van der Waals surface area contributed by atoms with Gasteiger partial charge in [-0.1, -0.05) is 39.5 Å². The van der Waals surface area contributed by atoms with Crippen LogP contribution in [0.4, 0.5) is 0 Å². The number of benzene rings is 1. The van der Waals surface area contributed by atoms with E-state index in [1.165, 1.54) is 37.0 Å². The summed E-state index contributed by atoms with van der Waals surface area (Å²) in [5.74, 6) is 2.60. The summed E-state index contributed by atoms with van der Waals surface area (Å²) in [5, 5.41) is 9.06. The van der Waals surface area contributed by atoms with E-state index < -0.39 is 0 Å². The van der Waals surface area contributed by atoms with Gasteiger partial charge in [0.05, 0.1) is 22.7 Å². The Morgan fingerprint density at radius 1 is 1.33 bits per heavy atom. The molecule has 0 unspecified atom stereocenters. The quantitative estimate of drug-likeness (QED) is 0.838. The number of aromatic nitrogens is 2. The Labute approximate surface area is 126 Å². The van der Waals surface area contributed by atoms with Gasteiger partial charge in [0.25, 0.3) is 0 Å². The van der Waals surface area contributed by atoms with Gasteiger partial charge in [-0.05, 0) is 30.0 Å². The predicted molar refractivity (Wildman–Crippen MR) is 84.9 cm³/mol. The highest BCUT2D eigenvalue weighted by Gasteiger charge is 2.20. The van der Waals surface area contributed by atoms with Crippen molar-refractivity contribution in [2.45, 2.75) is 52.5 Å². The molecule has 1 aromatic carbocycles. The molecule has 1 aliphatic carbocycles. The van der Waals surface area contributed by atoms with Gasteiger partial charge in [-0.25, -0.2) is 4.98 Å². The molecule has 1 saturated carbocycles. The summed E-state index contributed by atoms with van der Waals surface area (Å²) in [4.78, 5) is 4.85. The molecule has 0 radical (unpaired) electrons. The molecule has 1 fully saturated rings. The molecular formula is C18H23N3. The van der Waals surface area contributed by atoms with E-state index in [9.17, 15) is 0 Å². The molecule has 3 nitrogen and oxygen atoms in total. The molecule has 3 rings (SSSR count). The first-order valence-corrected chi connectivity index (χ1v) is 8.06.